The van der Waals surface area contributed by atoms with Crippen LogP contribution in [0.3, 0.4) is 0 Å². The van der Waals surface area contributed by atoms with Crippen molar-refractivity contribution in [2.24, 2.45) is 23.2 Å². The van der Waals surface area contributed by atoms with Gasteiger partial charge in [-0.3, -0.25) is 29.1 Å². The molecule has 5 aliphatic heterocycles. The average Bonchev–Trinajstić information content (AvgIpc) is 4.00. The second kappa shape index (κ2) is 21.0. The first-order valence-corrected chi connectivity index (χ1v) is 25.3. The van der Waals surface area contributed by atoms with Crippen molar-refractivity contribution in [1.82, 2.24) is 14.8 Å². The number of nitrogens with zero attached hydrogens (tertiary/aromatic N) is 3. The van der Waals surface area contributed by atoms with Crippen LogP contribution in [-0.2, 0) is 57.1 Å². The first kappa shape index (κ1) is 54.1. The van der Waals surface area contributed by atoms with E-state index in [4.69, 9.17) is 37.9 Å². The first-order chi connectivity index (χ1) is 32.9. The molecule has 18 heteroatoms. The van der Waals surface area contributed by atoms with Crippen molar-refractivity contribution >= 4 is 34.8 Å². The van der Waals surface area contributed by atoms with Gasteiger partial charge in [0.25, 0.3) is 0 Å². The maximum Gasteiger partial charge on any atom is 0.324 e. The monoisotopic (exact) mass is 995 g/mol. The Balaban J connectivity index is 1.38. The van der Waals surface area contributed by atoms with Crippen molar-refractivity contribution in [3.05, 3.63) is 41.4 Å². The van der Waals surface area contributed by atoms with Gasteiger partial charge in [0.05, 0.1) is 38.9 Å². The van der Waals surface area contributed by atoms with Gasteiger partial charge in [0, 0.05) is 49.6 Å². The minimum absolute atomic E-state index is 0.0536. The van der Waals surface area contributed by atoms with Gasteiger partial charge in [-0.05, 0) is 106 Å². The number of ether oxygens (including phenoxy) is 8. The molecule has 5 saturated heterocycles. The average molecular weight is 996 g/mol. The van der Waals surface area contributed by atoms with Gasteiger partial charge in [-0.1, -0.05) is 38.7 Å². The number of methoxy groups -OCH3 is 1. The molecule has 0 bridgehead atoms. The predicted octanol–water partition coefficient (Wildman–Crippen LogP) is 4.42. The molecule has 2 N–H and O–H groups in total. The Morgan fingerprint density at radius 3 is 2.34 bits per heavy atom. The van der Waals surface area contributed by atoms with Crippen molar-refractivity contribution in [3.8, 4) is 22.4 Å². The van der Waals surface area contributed by atoms with Gasteiger partial charge in [0.2, 0.25) is 0 Å². The summed E-state index contributed by atoms with van der Waals surface area (Å²) in [6.45, 7) is 15.4. The van der Waals surface area contributed by atoms with Gasteiger partial charge in [-0.15, -0.1) is 11.3 Å². The zero-order valence-corrected chi connectivity index (χ0v) is 43.6. The Hall–Kier alpha value is -3.71. The highest BCUT2D eigenvalue weighted by Crippen LogP contribution is 2.56. The number of hydrogen-bond acceptors (Lipinski definition) is 18. The SMILES string of the molecule is CC[C@H]1OC(=O)[C@H](C)C(=O)[C@H](OC2CC(C)(OC)[C@@H](O)[C@H](C)O2)[C@@H](O[C@@H]2O[C@H](C)C[C@H](N(C)C)[C@H]2O)[C@@](C)(OCC#Cc2ccc(-c3ccccn3)s2)C[C@@H](C)C(=O)C2(C)CN(C)C3C(=O)O[C@@]1(C)C32. The minimum atomic E-state index is -1.74. The number of aliphatic hydroxyl groups excluding tert-OH is 2. The van der Waals surface area contributed by atoms with Crippen LogP contribution in [0.25, 0.3) is 10.6 Å². The summed E-state index contributed by atoms with van der Waals surface area (Å²) < 4.78 is 51.7. The Kier molecular flexibility index (Phi) is 16.2. The summed E-state index contributed by atoms with van der Waals surface area (Å²) in [5, 5.41) is 23.3. The number of aromatic nitrogens is 1. The van der Waals surface area contributed by atoms with Crippen LogP contribution in [-0.4, -0.2) is 174 Å². The van der Waals surface area contributed by atoms with Crippen LogP contribution < -0.4 is 0 Å². The number of likely N-dealkylation sites (N-methyl/N-ethyl adjacent to an activating group) is 2. The van der Waals surface area contributed by atoms with Gasteiger partial charge in [0.1, 0.15) is 54.9 Å². The molecule has 70 heavy (non-hydrogen) atoms. The molecule has 0 aliphatic carbocycles. The lowest BCUT2D eigenvalue weighted by molar-refractivity contribution is -0.328. The number of pyridine rings is 1. The van der Waals surface area contributed by atoms with Crippen molar-refractivity contribution in [2.45, 2.75) is 172 Å². The molecule has 17 nitrogen and oxygen atoms in total. The third-order valence-corrected chi connectivity index (χ3v) is 16.7. The van der Waals surface area contributed by atoms with E-state index in [9.17, 15) is 19.8 Å². The number of cyclic esters (lactones) is 1. The minimum Gasteiger partial charge on any atom is -0.458 e. The van der Waals surface area contributed by atoms with Crippen LogP contribution in [0.1, 0.15) is 92.9 Å². The Morgan fingerprint density at radius 1 is 0.957 bits per heavy atom. The van der Waals surface area contributed by atoms with Crippen LogP contribution in [0.2, 0.25) is 0 Å². The Labute approximate surface area is 416 Å². The molecule has 2 aromatic heterocycles. The van der Waals surface area contributed by atoms with Crippen LogP contribution >= 0.6 is 11.3 Å². The second-order valence-corrected chi connectivity index (χ2v) is 22.3. The van der Waals surface area contributed by atoms with Gasteiger partial charge in [-0.25, -0.2) is 0 Å². The lowest BCUT2D eigenvalue weighted by atomic mass is 9.62. The fraction of sp³-hybridized carbons (Fsp3) is 0.712. The predicted molar refractivity (Wildman–Crippen MR) is 257 cm³/mol. The summed E-state index contributed by atoms with van der Waals surface area (Å²) >= 11 is 1.46. The summed E-state index contributed by atoms with van der Waals surface area (Å²) in [4.78, 5) is 69.4. The molecule has 18 atom stereocenters. The fourth-order valence-electron chi connectivity index (χ4n) is 11.9. The van der Waals surface area contributed by atoms with E-state index in [0.717, 1.165) is 15.4 Å². The lowest BCUT2D eigenvalue weighted by Gasteiger charge is -2.49. The molecule has 0 radical (unpaired) electrons. The molecular weight excluding hydrogens is 923 g/mol. The largest absolute Gasteiger partial charge is 0.458 e. The first-order valence-electron chi connectivity index (χ1n) is 24.5. The number of rotatable bonds is 10. The highest BCUT2D eigenvalue weighted by atomic mass is 32.1. The highest BCUT2D eigenvalue weighted by molar-refractivity contribution is 7.16. The van der Waals surface area contributed by atoms with E-state index >= 15 is 9.59 Å². The molecule has 5 aliphatic rings. The number of likely N-dealkylation sites (tertiary alicyclic amines) is 1. The maximum absolute atomic E-state index is 15.6. The van der Waals surface area contributed by atoms with E-state index in [0.29, 0.717) is 6.42 Å². The molecule has 7 heterocycles. The Bertz CT molecular complexity index is 2290. The molecule has 5 fully saturated rings. The number of Topliss-reactive ketones (excluding diaryl/α,β-unsaturated/α-hetero) is 2. The molecule has 0 saturated carbocycles. The van der Waals surface area contributed by atoms with E-state index in [1.165, 1.54) is 25.4 Å². The summed E-state index contributed by atoms with van der Waals surface area (Å²) in [5.41, 5.74) is -4.75. The van der Waals surface area contributed by atoms with Gasteiger partial charge in [-0.2, -0.15) is 0 Å². The van der Waals surface area contributed by atoms with Crippen LogP contribution in [0.5, 0.6) is 0 Å². The highest BCUT2D eigenvalue weighted by Gasteiger charge is 2.71. The number of carbonyl (C=O) groups excluding carboxylic acids is 4. The van der Waals surface area contributed by atoms with Crippen molar-refractivity contribution in [1.29, 1.82) is 0 Å². The number of ketones is 2. The number of esters is 2. The molecule has 386 valence electrons. The quantitative estimate of drug-likeness (QED) is 0.192. The van der Waals surface area contributed by atoms with E-state index in [1.807, 2.05) is 68.1 Å². The van der Waals surface area contributed by atoms with Crippen molar-refractivity contribution < 1.29 is 67.3 Å². The summed E-state index contributed by atoms with van der Waals surface area (Å²) in [5.74, 6) is 0.764. The van der Waals surface area contributed by atoms with Gasteiger partial charge in [0.15, 0.2) is 24.0 Å². The van der Waals surface area contributed by atoms with Gasteiger partial charge < -0.3 is 53.0 Å². The normalized spacial score (nSPS) is 41.9. The van der Waals surface area contributed by atoms with Crippen LogP contribution in [0.4, 0.5) is 0 Å². The zero-order valence-electron chi connectivity index (χ0n) is 42.8. The smallest absolute Gasteiger partial charge is 0.324 e. The number of carbonyl (C=O) groups is 4. The fourth-order valence-corrected chi connectivity index (χ4v) is 12.8. The molecule has 5 unspecified atom stereocenters. The Morgan fingerprint density at radius 2 is 1.69 bits per heavy atom. The van der Waals surface area contributed by atoms with Crippen molar-refractivity contribution in [2.75, 3.05) is 41.4 Å². The summed E-state index contributed by atoms with van der Waals surface area (Å²) in [6.07, 6.45) is -8.28. The van der Waals surface area contributed by atoms with Crippen molar-refractivity contribution in [3.63, 3.8) is 0 Å². The molecule has 0 spiro atoms. The van der Waals surface area contributed by atoms with Gasteiger partial charge >= 0.3 is 11.9 Å². The maximum atomic E-state index is 15.6. The van der Waals surface area contributed by atoms with E-state index in [-0.39, 0.29) is 38.2 Å². The molecule has 2 aromatic rings. The van der Waals surface area contributed by atoms with Crippen LogP contribution in [0.15, 0.2) is 36.5 Å². The van der Waals surface area contributed by atoms with Crippen LogP contribution in [0, 0.1) is 35.0 Å². The van der Waals surface area contributed by atoms with E-state index in [2.05, 4.69) is 16.8 Å². The summed E-state index contributed by atoms with van der Waals surface area (Å²) in [6, 6.07) is 8.26. The molecule has 0 aromatic carbocycles. The zero-order chi connectivity index (χ0) is 51.2. The van der Waals surface area contributed by atoms with E-state index in [1.54, 1.807) is 54.8 Å². The lowest BCUT2D eigenvalue weighted by Crippen LogP contribution is -2.63. The standard InChI is InChI=1S/C52H73N3O14S/c1-14-36-52(9)42-38(47(61)69-52)55(12)27-49(42,6)43(58)28(2)25-51(8,63-23-17-18-32-20-21-35(70-32)33-19-15-16-22-53-33)45(68-48-40(57)34(54(10)11)24-29(3)64-48)41(39(56)30(4)46(60)66-36)67-37-26-50(7,62-13)44(59)31(5)65-37/h15-16,19-22,28-31,34,36-38,40-42,44-45,48,57,59H,14,23-27H2,1-13H3/t28-,29-,30-,31+,34+,36-,37?,38?,40-,41+,42?,44+,45-,48+,49?,50?,51+,52-/m1/s1. The number of aliphatic hydroxyl groups is 2. The molecule has 7 rings (SSSR count). The topological polar surface area (TPSA) is 202 Å². The second-order valence-electron chi connectivity index (χ2n) is 21.2. The number of thiophene rings is 1. The number of hydrogen-bond donors (Lipinski definition) is 2. The third kappa shape index (κ3) is 10.3. The third-order valence-electron chi connectivity index (χ3n) is 15.7. The molecular formula is C52H73N3O14S. The molecule has 0 amide bonds. The van der Waals surface area contributed by atoms with E-state index < -0.39 is 125 Å². The summed E-state index contributed by atoms with van der Waals surface area (Å²) in [7, 11) is 6.91.